The third kappa shape index (κ3) is 2.16. The molecule has 3 heteroatoms. The maximum atomic E-state index is 13.4. The summed E-state index contributed by atoms with van der Waals surface area (Å²) in [5, 5.41) is 0. The fourth-order valence-electron chi connectivity index (χ4n) is 1.20. The lowest BCUT2D eigenvalue weighted by atomic mass is 10.0. The summed E-state index contributed by atoms with van der Waals surface area (Å²) in [4.78, 5) is 15.2. The molecule has 1 rings (SSSR count). The van der Waals surface area contributed by atoms with Gasteiger partial charge in [0.2, 0.25) is 0 Å². The molecule has 0 saturated heterocycles. The maximum absolute atomic E-state index is 13.4. The molecule has 14 heavy (non-hydrogen) atoms. The van der Waals surface area contributed by atoms with Crippen LogP contribution >= 0.6 is 0 Å². The average molecular weight is 195 g/mol. The molecule has 0 N–H and O–H groups in total. The minimum Gasteiger partial charge on any atom is -0.292 e. The molecule has 0 spiro atoms. The number of ketones is 1. The highest BCUT2D eigenvalue weighted by Crippen LogP contribution is 2.17. The third-order valence-corrected chi connectivity index (χ3v) is 2.11. The molecular formula is C11H14FNO. The Bertz CT molecular complexity index is 347. The first-order chi connectivity index (χ1) is 6.56. The Kier molecular flexibility index (Phi) is 3.33. The predicted octanol–water partition coefficient (Wildman–Crippen LogP) is 2.94. The van der Waals surface area contributed by atoms with Crippen LogP contribution in [0.2, 0.25) is 0 Å². The van der Waals surface area contributed by atoms with Crippen molar-refractivity contribution in [3.05, 3.63) is 29.3 Å². The molecule has 1 aromatic heterocycles. The molecule has 0 aromatic carbocycles. The van der Waals surface area contributed by atoms with E-state index in [0.717, 1.165) is 0 Å². The molecule has 0 radical (unpaired) electrons. The topological polar surface area (TPSA) is 30.0 Å². The second-order valence-corrected chi connectivity index (χ2v) is 3.52. The standard InChI is InChI=1S/C11H14FNO/c1-4-11(14)10-5-9(12)8(6-13-10)7(2)3/h5-7H,4H2,1-3H3. The van der Waals surface area contributed by atoms with Gasteiger partial charge in [0.1, 0.15) is 11.5 Å². The van der Waals surface area contributed by atoms with Crippen molar-refractivity contribution in [2.24, 2.45) is 0 Å². The Morgan fingerprint density at radius 1 is 1.57 bits per heavy atom. The summed E-state index contributed by atoms with van der Waals surface area (Å²) in [5.74, 6) is -0.376. The number of aromatic nitrogens is 1. The van der Waals surface area contributed by atoms with Crippen LogP contribution in [-0.4, -0.2) is 10.8 Å². The van der Waals surface area contributed by atoms with Crippen LogP contribution in [0, 0.1) is 5.82 Å². The Labute approximate surface area is 83.2 Å². The zero-order valence-electron chi connectivity index (χ0n) is 8.67. The second-order valence-electron chi connectivity index (χ2n) is 3.52. The van der Waals surface area contributed by atoms with Crippen LogP contribution in [-0.2, 0) is 0 Å². The van der Waals surface area contributed by atoms with Gasteiger partial charge in [-0.15, -0.1) is 0 Å². The summed E-state index contributed by atoms with van der Waals surface area (Å²) >= 11 is 0. The van der Waals surface area contributed by atoms with Crippen molar-refractivity contribution in [3.63, 3.8) is 0 Å². The van der Waals surface area contributed by atoms with E-state index in [0.29, 0.717) is 12.0 Å². The van der Waals surface area contributed by atoms with Crippen LogP contribution in [0.4, 0.5) is 4.39 Å². The molecular weight excluding hydrogens is 181 g/mol. The molecule has 0 aliphatic carbocycles. The smallest absolute Gasteiger partial charge is 0.180 e. The van der Waals surface area contributed by atoms with E-state index < -0.39 is 0 Å². The number of hydrogen-bond donors (Lipinski definition) is 0. The average Bonchev–Trinajstić information content (AvgIpc) is 2.15. The van der Waals surface area contributed by atoms with Crippen molar-refractivity contribution in [3.8, 4) is 0 Å². The van der Waals surface area contributed by atoms with Crippen LogP contribution in [0.3, 0.4) is 0 Å². The third-order valence-electron chi connectivity index (χ3n) is 2.11. The summed E-state index contributed by atoms with van der Waals surface area (Å²) in [6, 6.07) is 1.22. The summed E-state index contributed by atoms with van der Waals surface area (Å²) in [6.45, 7) is 5.51. The highest BCUT2D eigenvalue weighted by Gasteiger charge is 2.11. The second kappa shape index (κ2) is 4.31. The van der Waals surface area contributed by atoms with Gasteiger partial charge in [0.15, 0.2) is 5.78 Å². The van der Waals surface area contributed by atoms with Crippen molar-refractivity contribution >= 4 is 5.78 Å². The number of carbonyl (C=O) groups is 1. The zero-order valence-corrected chi connectivity index (χ0v) is 8.67. The van der Waals surface area contributed by atoms with Gasteiger partial charge in [-0.25, -0.2) is 4.39 Å². The molecule has 0 amide bonds. The summed E-state index contributed by atoms with van der Waals surface area (Å²) < 4.78 is 13.4. The van der Waals surface area contributed by atoms with E-state index in [-0.39, 0.29) is 23.2 Å². The SMILES string of the molecule is CCC(=O)c1cc(F)c(C(C)C)cn1. The number of Topliss-reactive ketones (excluding diaryl/α,β-unsaturated/α-hetero) is 1. The highest BCUT2D eigenvalue weighted by atomic mass is 19.1. The molecule has 2 nitrogen and oxygen atoms in total. The molecule has 0 aliphatic rings. The molecule has 0 atom stereocenters. The molecule has 0 aliphatic heterocycles. The highest BCUT2D eigenvalue weighted by molar-refractivity contribution is 5.93. The van der Waals surface area contributed by atoms with E-state index in [9.17, 15) is 9.18 Å². The van der Waals surface area contributed by atoms with Gasteiger partial charge in [-0.05, 0) is 5.92 Å². The first-order valence-electron chi connectivity index (χ1n) is 4.74. The normalized spacial score (nSPS) is 10.6. The fourth-order valence-corrected chi connectivity index (χ4v) is 1.20. The van der Waals surface area contributed by atoms with Crippen LogP contribution < -0.4 is 0 Å². The van der Waals surface area contributed by atoms with Crippen LogP contribution in [0.1, 0.15) is 49.2 Å². The Balaban J connectivity index is 3.06. The van der Waals surface area contributed by atoms with Crippen molar-refractivity contribution < 1.29 is 9.18 Å². The lowest BCUT2D eigenvalue weighted by Gasteiger charge is -2.06. The summed E-state index contributed by atoms with van der Waals surface area (Å²) in [7, 11) is 0. The number of carbonyl (C=O) groups excluding carboxylic acids is 1. The Hall–Kier alpha value is -1.25. The van der Waals surface area contributed by atoms with Crippen LogP contribution in [0.5, 0.6) is 0 Å². The number of hydrogen-bond acceptors (Lipinski definition) is 2. The monoisotopic (exact) mass is 195 g/mol. The Morgan fingerprint density at radius 2 is 2.21 bits per heavy atom. The van der Waals surface area contributed by atoms with E-state index in [1.165, 1.54) is 12.3 Å². The fraction of sp³-hybridized carbons (Fsp3) is 0.455. The van der Waals surface area contributed by atoms with Crippen molar-refractivity contribution in [1.82, 2.24) is 4.98 Å². The maximum Gasteiger partial charge on any atom is 0.180 e. The molecule has 0 fully saturated rings. The van der Waals surface area contributed by atoms with E-state index in [2.05, 4.69) is 4.98 Å². The van der Waals surface area contributed by atoms with E-state index in [1.807, 2.05) is 13.8 Å². The van der Waals surface area contributed by atoms with Gasteiger partial charge in [-0.3, -0.25) is 9.78 Å². The first kappa shape index (κ1) is 10.8. The van der Waals surface area contributed by atoms with Gasteiger partial charge in [-0.1, -0.05) is 20.8 Å². The summed E-state index contributed by atoms with van der Waals surface area (Å²) in [5.41, 5.74) is 0.770. The number of pyridine rings is 1. The van der Waals surface area contributed by atoms with Crippen molar-refractivity contribution in [2.45, 2.75) is 33.1 Å². The van der Waals surface area contributed by atoms with E-state index >= 15 is 0 Å². The molecule has 0 bridgehead atoms. The Morgan fingerprint density at radius 3 is 2.64 bits per heavy atom. The van der Waals surface area contributed by atoms with Crippen molar-refractivity contribution in [1.29, 1.82) is 0 Å². The van der Waals surface area contributed by atoms with E-state index in [4.69, 9.17) is 0 Å². The van der Waals surface area contributed by atoms with Crippen molar-refractivity contribution in [2.75, 3.05) is 0 Å². The van der Waals surface area contributed by atoms with Crippen LogP contribution in [0.25, 0.3) is 0 Å². The van der Waals surface area contributed by atoms with Gasteiger partial charge < -0.3 is 0 Å². The lowest BCUT2D eigenvalue weighted by molar-refractivity contribution is 0.0983. The van der Waals surface area contributed by atoms with Crippen LogP contribution in [0.15, 0.2) is 12.3 Å². The molecule has 1 heterocycles. The molecule has 0 unspecified atom stereocenters. The van der Waals surface area contributed by atoms with Gasteiger partial charge in [0.05, 0.1) is 0 Å². The summed E-state index contributed by atoms with van der Waals surface area (Å²) in [6.07, 6.45) is 1.80. The number of rotatable bonds is 3. The van der Waals surface area contributed by atoms with Gasteiger partial charge in [-0.2, -0.15) is 0 Å². The minimum atomic E-state index is -0.341. The van der Waals surface area contributed by atoms with Gasteiger partial charge in [0.25, 0.3) is 0 Å². The molecule has 76 valence electrons. The molecule has 0 saturated carbocycles. The lowest BCUT2D eigenvalue weighted by Crippen LogP contribution is -2.04. The van der Waals surface area contributed by atoms with Gasteiger partial charge >= 0.3 is 0 Å². The number of halogens is 1. The largest absolute Gasteiger partial charge is 0.292 e. The predicted molar refractivity (Wildman–Crippen MR) is 52.9 cm³/mol. The quantitative estimate of drug-likeness (QED) is 0.694. The minimum absolute atomic E-state index is 0.0910. The first-order valence-corrected chi connectivity index (χ1v) is 4.74. The van der Waals surface area contributed by atoms with E-state index in [1.54, 1.807) is 6.92 Å². The molecule has 1 aromatic rings. The number of nitrogens with zero attached hydrogens (tertiary/aromatic N) is 1. The zero-order chi connectivity index (χ0) is 10.7. The van der Waals surface area contributed by atoms with Gasteiger partial charge in [0, 0.05) is 24.2 Å².